The predicted molar refractivity (Wildman–Crippen MR) is 84.4 cm³/mol. The van der Waals surface area contributed by atoms with Crippen LogP contribution in [0.2, 0.25) is 0 Å². The lowest BCUT2D eigenvalue weighted by atomic mass is 9.91. The molecule has 5 nitrogen and oxygen atoms in total. The fraction of sp³-hybridized carbons (Fsp3) is 0.733. The number of hydrogen-bond donors (Lipinski definition) is 1. The van der Waals surface area contributed by atoms with Gasteiger partial charge >= 0.3 is 5.97 Å². The van der Waals surface area contributed by atoms with Crippen molar-refractivity contribution in [2.45, 2.75) is 44.1 Å². The van der Waals surface area contributed by atoms with E-state index >= 15 is 0 Å². The van der Waals surface area contributed by atoms with Crippen molar-refractivity contribution < 1.29 is 9.90 Å². The highest BCUT2D eigenvalue weighted by Gasteiger charge is 2.33. The number of carboxylic acid groups (broad SMARTS) is 1. The van der Waals surface area contributed by atoms with Crippen LogP contribution in [0.5, 0.6) is 0 Å². The molecule has 2 aliphatic rings. The van der Waals surface area contributed by atoms with Gasteiger partial charge in [-0.25, -0.2) is 4.98 Å². The summed E-state index contributed by atoms with van der Waals surface area (Å²) >= 11 is 1.72. The van der Waals surface area contributed by atoms with Crippen LogP contribution in [0.4, 0.5) is 5.13 Å². The van der Waals surface area contributed by atoms with E-state index in [1.165, 1.54) is 17.7 Å². The van der Waals surface area contributed by atoms with E-state index in [0.717, 1.165) is 43.2 Å². The van der Waals surface area contributed by atoms with E-state index in [1.807, 2.05) is 0 Å². The summed E-state index contributed by atoms with van der Waals surface area (Å²) in [5.74, 6) is -1.12. The van der Waals surface area contributed by atoms with E-state index in [9.17, 15) is 9.90 Å². The van der Waals surface area contributed by atoms with Crippen molar-refractivity contribution in [1.82, 2.24) is 9.88 Å². The third-order valence-corrected chi connectivity index (χ3v) is 5.61. The molecule has 6 heteroatoms. The zero-order valence-corrected chi connectivity index (χ0v) is 13.5. The monoisotopic (exact) mass is 309 g/mol. The quantitative estimate of drug-likeness (QED) is 0.924. The summed E-state index contributed by atoms with van der Waals surface area (Å²) in [5.41, 5.74) is 0.837. The molecule has 1 aliphatic heterocycles. The first-order valence-electron chi connectivity index (χ1n) is 7.70. The van der Waals surface area contributed by atoms with Crippen LogP contribution in [-0.2, 0) is 11.2 Å². The Labute approximate surface area is 129 Å². The van der Waals surface area contributed by atoms with Gasteiger partial charge in [-0.05, 0) is 46.2 Å². The van der Waals surface area contributed by atoms with Gasteiger partial charge in [-0.1, -0.05) is 0 Å². The van der Waals surface area contributed by atoms with Crippen LogP contribution in [0.15, 0.2) is 0 Å². The Bertz CT molecular complexity index is 529. The smallest absolute Gasteiger partial charge is 0.312 e. The van der Waals surface area contributed by atoms with Crippen molar-refractivity contribution in [2.24, 2.45) is 0 Å². The van der Waals surface area contributed by atoms with Crippen molar-refractivity contribution in [3.8, 4) is 0 Å². The zero-order valence-electron chi connectivity index (χ0n) is 12.7. The van der Waals surface area contributed by atoms with Crippen LogP contribution in [-0.4, -0.2) is 54.2 Å². The third kappa shape index (κ3) is 2.92. The molecule has 2 heterocycles. The topological polar surface area (TPSA) is 56.7 Å². The Morgan fingerprint density at radius 1 is 1.43 bits per heavy atom. The Kier molecular flexibility index (Phi) is 4.17. The molecule has 0 saturated carbocycles. The molecule has 116 valence electrons. The van der Waals surface area contributed by atoms with Gasteiger partial charge in [0.1, 0.15) is 5.92 Å². The van der Waals surface area contributed by atoms with Gasteiger partial charge in [0, 0.05) is 24.0 Å². The van der Waals surface area contributed by atoms with Crippen LogP contribution in [0.3, 0.4) is 0 Å². The van der Waals surface area contributed by atoms with E-state index < -0.39 is 11.9 Å². The second-order valence-electron chi connectivity index (χ2n) is 6.34. The molecule has 0 aromatic carbocycles. The first kappa shape index (κ1) is 14.8. The molecule has 3 rings (SSSR count). The summed E-state index contributed by atoms with van der Waals surface area (Å²) in [7, 11) is 4.20. The van der Waals surface area contributed by atoms with E-state index in [-0.39, 0.29) is 0 Å². The molecule has 0 amide bonds. The molecule has 1 fully saturated rings. The van der Waals surface area contributed by atoms with E-state index in [1.54, 1.807) is 11.3 Å². The fourth-order valence-electron chi connectivity index (χ4n) is 3.47. The minimum absolute atomic E-state index is 0.395. The lowest BCUT2D eigenvalue weighted by Gasteiger charge is -2.26. The Hall–Kier alpha value is -1.14. The molecule has 0 bridgehead atoms. The van der Waals surface area contributed by atoms with Gasteiger partial charge in [0.2, 0.25) is 0 Å². The maximum absolute atomic E-state index is 11.4. The average molecular weight is 309 g/mol. The number of aryl methyl sites for hydroxylation is 1. The molecule has 1 N–H and O–H groups in total. The van der Waals surface area contributed by atoms with Crippen LogP contribution in [0.1, 0.15) is 42.2 Å². The number of nitrogens with zero attached hydrogens (tertiary/aromatic N) is 3. The van der Waals surface area contributed by atoms with Crippen molar-refractivity contribution in [2.75, 3.05) is 32.1 Å². The lowest BCUT2D eigenvalue weighted by Crippen LogP contribution is -2.37. The van der Waals surface area contributed by atoms with Gasteiger partial charge in [0.15, 0.2) is 5.13 Å². The number of aromatic nitrogens is 1. The highest BCUT2D eigenvalue weighted by molar-refractivity contribution is 7.15. The van der Waals surface area contributed by atoms with Gasteiger partial charge in [-0.3, -0.25) is 4.79 Å². The molecule has 2 unspecified atom stereocenters. The SMILES string of the molecule is CN(C)CC1CCCN1c1nc2c(s1)CCCC2C(=O)O. The molecule has 0 radical (unpaired) electrons. The summed E-state index contributed by atoms with van der Waals surface area (Å²) in [4.78, 5) is 21.9. The lowest BCUT2D eigenvalue weighted by molar-refractivity contribution is -0.139. The number of rotatable bonds is 4. The molecule has 1 saturated heterocycles. The van der Waals surface area contributed by atoms with Gasteiger partial charge in [-0.15, -0.1) is 11.3 Å². The van der Waals surface area contributed by atoms with Crippen molar-refractivity contribution in [1.29, 1.82) is 0 Å². The van der Waals surface area contributed by atoms with Crippen LogP contribution >= 0.6 is 11.3 Å². The zero-order chi connectivity index (χ0) is 15.0. The number of fused-ring (bicyclic) bond motifs is 1. The van der Waals surface area contributed by atoms with Crippen LogP contribution < -0.4 is 4.90 Å². The number of carboxylic acids is 1. The predicted octanol–water partition coefficient (Wildman–Crippen LogP) is 2.18. The number of thiazole rings is 1. The minimum Gasteiger partial charge on any atom is -0.481 e. The number of likely N-dealkylation sites (N-methyl/N-ethyl adjacent to an activating group) is 1. The Morgan fingerprint density at radius 2 is 2.24 bits per heavy atom. The Morgan fingerprint density at radius 3 is 2.95 bits per heavy atom. The molecule has 2 atom stereocenters. The first-order valence-corrected chi connectivity index (χ1v) is 8.51. The molecular formula is C15H23N3O2S. The number of hydrogen-bond acceptors (Lipinski definition) is 5. The van der Waals surface area contributed by atoms with Gasteiger partial charge in [0.05, 0.1) is 5.69 Å². The first-order chi connectivity index (χ1) is 10.1. The molecule has 1 aromatic rings. The average Bonchev–Trinajstić information content (AvgIpc) is 3.02. The number of anilines is 1. The van der Waals surface area contributed by atoms with E-state index in [4.69, 9.17) is 4.98 Å². The van der Waals surface area contributed by atoms with Gasteiger partial charge < -0.3 is 14.9 Å². The third-order valence-electron chi connectivity index (χ3n) is 4.44. The molecule has 1 aromatic heterocycles. The van der Waals surface area contributed by atoms with Gasteiger partial charge in [-0.2, -0.15) is 0 Å². The van der Waals surface area contributed by atoms with Crippen LogP contribution in [0.25, 0.3) is 0 Å². The number of aliphatic carboxylic acids is 1. The van der Waals surface area contributed by atoms with Crippen molar-refractivity contribution in [3.63, 3.8) is 0 Å². The van der Waals surface area contributed by atoms with Crippen LogP contribution in [0, 0.1) is 0 Å². The van der Waals surface area contributed by atoms with Crippen molar-refractivity contribution >= 4 is 22.4 Å². The molecule has 0 spiro atoms. The maximum atomic E-state index is 11.4. The summed E-state index contributed by atoms with van der Waals surface area (Å²) in [5, 5.41) is 10.4. The summed E-state index contributed by atoms with van der Waals surface area (Å²) < 4.78 is 0. The van der Waals surface area contributed by atoms with E-state index in [0.29, 0.717) is 6.04 Å². The maximum Gasteiger partial charge on any atom is 0.312 e. The molecule has 1 aliphatic carbocycles. The Balaban J connectivity index is 1.85. The van der Waals surface area contributed by atoms with E-state index in [2.05, 4.69) is 23.9 Å². The normalized spacial score (nSPS) is 25.4. The van der Waals surface area contributed by atoms with Crippen molar-refractivity contribution in [3.05, 3.63) is 10.6 Å². The second kappa shape index (κ2) is 5.93. The largest absolute Gasteiger partial charge is 0.481 e. The molecular weight excluding hydrogens is 286 g/mol. The highest BCUT2D eigenvalue weighted by Crippen LogP contribution is 2.39. The molecule has 21 heavy (non-hydrogen) atoms. The minimum atomic E-state index is -0.723. The summed E-state index contributed by atoms with van der Waals surface area (Å²) in [6.07, 6.45) is 5.08. The fourth-order valence-corrected chi connectivity index (χ4v) is 4.73. The van der Waals surface area contributed by atoms with Gasteiger partial charge in [0.25, 0.3) is 0 Å². The summed E-state index contributed by atoms with van der Waals surface area (Å²) in [6.45, 7) is 2.08. The highest BCUT2D eigenvalue weighted by atomic mass is 32.1. The standard InChI is InChI=1S/C15H23N3O2S/c1-17(2)9-10-5-4-8-18(10)15-16-13-11(14(19)20)6-3-7-12(13)21-15/h10-11H,3-9H2,1-2H3,(H,19,20). The summed E-state index contributed by atoms with van der Waals surface area (Å²) in [6, 6.07) is 0.510. The number of carbonyl (C=O) groups is 1. The second-order valence-corrected chi connectivity index (χ2v) is 7.40.